The Bertz CT molecular complexity index is 879. The van der Waals surface area contributed by atoms with E-state index in [0.29, 0.717) is 10.5 Å². The molecule has 0 aliphatic heterocycles. The molecule has 6 heteroatoms. The number of carbonyl (C=O) groups is 3. The van der Waals surface area contributed by atoms with Crippen LogP contribution < -0.4 is 0 Å². The summed E-state index contributed by atoms with van der Waals surface area (Å²) in [6.07, 6.45) is -1.86. The second-order valence-corrected chi connectivity index (χ2v) is 8.88. The lowest BCUT2D eigenvalue weighted by Crippen LogP contribution is -2.46. The Morgan fingerprint density at radius 2 is 1.20 bits per heavy atom. The van der Waals surface area contributed by atoms with Gasteiger partial charge in [0.1, 0.15) is 11.2 Å². The van der Waals surface area contributed by atoms with Crippen LogP contribution in [-0.2, 0) is 9.47 Å². The molecule has 0 aliphatic rings. The third kappa shape index (κ3) is 6.72. The maximum atomic E-state index is 13.1. The molecule has 160 valence electrons. The molecule has 0 fully saturated rings. The van der Waals surface area contributed by atoms with Gasteiger partial charge in [-0.1, -0.05) is 54.6 Å². The predicted octanol–water partition coefficient (Wildman–Crippen LogP) is 5.71. The summed E-state index contributed by atoms with van der Waals surface area (Å²) in [5.41, 5.74) is 0.324. The van der Waals surface area contributed by atoms with E-state index in [-0.39, 0.29) is 0 Å². The van der Waals surface area contributed by atoms with E-state index in [0.717, 1.165) is 11.1 Å². The summed E-state index contributed by atoms with van der Waals surface area (Å²) in [5.74, 6) is -0.397. The van der Waals surface area contributed by atoms with Gasteiger partial charge in [0.05, 0.1) is 6.54 Å². The first kappa shape index (κ1) is 23.1. The number of hydrogen-bond donors (Lipinski definition) is 0. The molecule has 2 amide bonds. The van der Waals surface area contributed by atoms with E-state index in [2.05, 4.69) is 0 Å². The second-order valence-electron chi connectivity index (χ2n) is 8.88. The third-order valence-electron chi connectivity index (χ3n) is 3.84. The first-order chi connectivity index (χ1) is 13.9. The van der Waals surface area contributed by atoms with E-state index in [1.165, 1.54) is 0 Å². The van der Waals surface area contributed by atoms with E-state index in [4.69, 9.17) is 9.47 Å². The van der Waals surface area contributed by atoms with Gasteiger partial charge in [0, 0.05) is 5.56 Å². The number of rotatable bonds is 4. The van der Waals surface area contributed by atoms with Crippen molar-refractivity contribution in [2.45, 2.75) is 52.7 Å². The van der Waals surface area contributed by atoms with Crippen LogP contribution >= 0.6 is 0 Å². The molecule has 2 rings (SSSR count). The number of carbonyl (C=O) groups excluding carboxylic acids is 3. The van der Waals surface area contributed by atoms with Crippen LogP contribution in [0.25, 0.3) is 11.1 Å². The Balaban J connectivity index is 2.35. The second kappa shape index (κ2) is 9.11. The maximum Gasteiger partial charge on any atom is 0.420 e. The number of imide groups is 1. The van der Waals surface area contributed by atoms with Gasteiger partial charge in [-0.25, -0.2) is 14.5 Å². The molecule has 6 nitrogen and oxygen atoms in total. The average molecular weight is 411 g/mol. The molecule has 0 aliphatic carbocycles. The molecule has 2 aromatic rings. The molecule has 0 unspecified atom stereocenters. The molecular weight excluding hydrogens is 382 g/mol. The van der Waals surface area contributed by atoms with Crippen LogP contribution in [0.1, 0.15) is 51.9 Å². The van der Waals surface area contributed by atoms with Crippen LogP contribution in [0.15, 0.2) is 54.6 Å². The molecule has 0 heterocycles. The summed E-state index contributed by atoms with van der Waals surface area (Å²) < 4.78 is 10.6. The van der Waals surface area contributed by atoms with Crippen molar-refractivity contribution in [2.75, 3.05) is 6.54 Å². The molecule has 0 saturated carbocycles. The zero-order valence-corrected chi connectivity index (χ0v) is 18.4. The fraction of sp³-hybridized carbons (Fsp3) is 0.375. The Hall–Kier alpha value is -3.15. The number of benzene rings is 2. The molecule has 0 aromatic heterocycles. The molecule has 0 bridgehead atoms. The van der Waals surface area contributed by atoms with Crippen LogP contribution in [0.5, 0.6) is 0 Å². The van der Waals surface area contributed by atoms with Gasteiger partial charge in [0.2, 0.25) is 0 Å². The highest BCUT2D eigenvalue weighted by Gasteiger charge is 2.33. The van der Waals surface area contributed by atoms with Gasteiger partial charge in [-0.15, -0.1) is 0 Å². The molecular formula is C24H29NO5. The molecule has 0 atom stereocenters. The monoisotopic (exact) mass is 411 g/mol. The molecule has 0 spiro atoms. The molecule has 0 radical (unpaired) electrons. The smallest absolute Gasteiger partial charge is 0.420 e. The van der Waals surface area contributed by atoms with Crippen LogP contribution in [0.4, 0.5) is 9.59 Å². The lowest BCUT2D eigenvalue weighted by atomic mass is 9.97. The summed E-state index contributed by atoms with van der Waals surface area (Å²) in [5, 5.41) is 0. The summed E-state index contributed by atoms with van der Waals surface area (Å²) >= 11 is 0. The number of ether oxygens (including phenoxy) is 2. The van der Waals surface area contributed by atoms with Crippen molar-refractivity contribution in [1.29, 1.82) is 0 Å². The minimum Gasteiger partial charge on any atom is -0.443 e. The Morgan fingerprint density at radius 3 is 1.70 bits per heavy atom. The Labute approximate surface area is 177 Å². The third-order valence-corrected chi connectivity index (χ3v) is 3.84. The van der Waals surface area contributed by atoms with Crippen molar-refractivity contribution in [1.82, 2.24) is 4.90 Å². The number of ketones is 1. The van der Waals surface area contributed by atoms with Gasteiger partial charge in [0.15, 0.2) is 5.78 Å². The van der Waals surface area contributed by atoms with Crippen LogP contribution in [0.2, 0.25) is 0 Å². The van der Waals surface area contributed by atoms with E-state index in [9.17, 15) is 14.4 Å². The van der Waals surface area contributed by atoms with Crippen LogP contribution in [0.3, 0.4) is 0 Å². The van der Waals surface area contributed by atoms with Crippen LogP contribution in [0, 0.1) is 0 Å². The number of hydrogen-bond acceptors (Lipinski definition) is 5. The van der Waals surface area contributed by atoms with Gasteiger partial charge >= 0.3 is 12.2 Å². The predicted molar refractivity (Wildman–Crippen MR) is 115 cm³/mol. The fourth-order valence-electron chi connectivity index (χ4n) is 2.66. The van der Waals surface area contributed by atoms with Crippen molar-refractivity contribution >= 4 is 18.0 Å². The summed E-state index contributed by atoms with van der Waals surface area (Å²) in [7, 11) is 0. The first-order valence-corrected chi connectivity index (χ1v) is 9.78. The summed E-state index contributed by atoms with van der Waals surface area (Å²) in [6.45, 7) is 9.62. The first-order valence-electron chi connectivity index (χ1n) is 9.78. The number of Topliss-reactive ketones (excluding diaryl/α,β-unsaturated/α-hetero) is 1. The molecule has 30 heavy (non-hydrogen) atoms. The van der Waals surface area contributed by atoms with Crippen molar-refractivity contribution in [3.05, 3.63) is 60.2 Å². The van der Waals surface area contributed by atoms with Crippen molar-refractivity contribution in [2.24, 2.45) is 0 Å². The normalized spacial score (nSPS) is 11.5. The standard InChI is InChI=1S/C24H29NO5/c1-23(2,3)29-21(27)25(22(28)30-24(4,5)6)16-20(26)19-15-11-10-14-18(19)17-12-8-7-9-13-17/h7-15H,16H2,1-6H3. The molecule has 0 N–H and O–H groups in total. The highest BCUT2D eigenvalue weighted by atomic mass is 16.6. The summed E-state index contributed by atoms with van der Waals surface area (Å²) in [4.78, 5) is 39.2. The summed E-state index contributed by atoms with van der Waals surface area (Å²) in [6, 6.07) is 16.5. The minimum absolute atomic E-state index is 0.397. The number of amides is 2. The molecule has 2 aromatic carbocycles. The van der Waals surface area contributed by atoms with E-state index in [1.54, 1.807) is 53.7 Å². The van der Waals surface area contributed by atoms with E-state index in [1.807, 2.05) is 42.5 Å². The molecule has 0 saturated heterocycles. The van der Waals surface area contributed by atoms with Gasteiger partial charge in [-0.2, -0.15) is 0 Å². The fourth-order valence-corrected chi connectivity index (χ4v) is 2.66. The van der Waals surface area contributed by atoms with Gasteiger partial charge in [-0.3, -0.25) is 4.79 Å². The largest absolute Gasteiger partial charge is 0.443 e. The van der Waals surface area contributed by atoms with Gasteiger partial charge in [-0.05, 0) is 52.7 Å². The maximum absolute atomic E-state index is 13.1. The van der Waals surface area contributed by atoms with Crippen molar-refractivity contribution in [3.63, 3.8) is 0 Å². The topological polar surface area (TPSA) is 72.9 Å². The number of nitrogens with zero attached hydrogens (tertiary/aromatic N) is 1. The lowest BCUT2D eigenvalue weighted by Gasteiger charge is -2.28. The van der Waals surface area contributed by atoms with E-state index < -0.39 is 35.7 Å². The van der Waals surface area contributed by atoms with Crippen molar-refractivity contribution in [3.8, 4) is 11.1 Å². The Kier molecular flexibility index (Phi) is 7.03. The van der Waals surface area contributed by atoms with Crippen LogP contribution in [-0.4, -0.2) is 40.6 Å². The SMILES string of the molecule is CC(C)(C)OC(=O)N(CC(=O)c1ccccc1-c1ccccc1)C(=O)OC(C)(C)C. The van der Waals surface area contributed by atoms with E-state index >= 15 is 0 Å². The highest BCUT2D eigenvalue weighted by molar-refractivity contribution is 6.06. The Morgan fingerprint density at radius 1 is 0.733 bits per heavy atom. The van der Waals surface area contributed by atoms with Crippen molar-refractivity contribution < 1.29 is 23.9 Å². The zero-order valence-electron chi connectivity index (χ0n) is 18.4. The average Bonchev–Trinajstić information content (AvgIpc) is 2.63. The zero-order chi connectivity index (χ0) is 22.5. The highest BCUT2D eigenvalue weighted by Crippen LogP contribution is 2.24. The quantitative estimate of drug-likeness (QED) is 0.603. The lowest BCUT2D eigenvalue weighted by molar-refractivity contribution is 0.00188. The van der Waals surface area contributed by atoms with Gasteiger partial charge < -0.3 is 9.47 Å². The van der Waals surface area contributed by atoms with Gasteiger partial charge in [0.25, 0.3) is 0 Å². The minimum atomic E-state index is -0.928.